The molecule has 0 aliphatic heterocycles. The van der Waals surface area contributed by atoms with Crippen molar-refractivity contribution in [3.8, 4) is 0 Å². The van der Waals surface area contributed by atoms with Crippen LogP contribution in [0.2, 0.25) is 0 Å². The molecule has 0 saturated heterocycles. The number of hydrogen-bond donors (Lipinski definition) is 0. The van der Waals surface area contributed by atoms with Gasteiger partial charge in [-0.25, -0.2) is 9.59 Å². The Hall–Kier alpha value is -2.10. The molecule has 0 aliphatic rings. The molecule has 0 atom stereocenters. The lowest BCUT2D eigenvalue weighted by Gasteiger charge is -2.01. The number of methoxy groups -OCH3 is 1. The molecule has 90 valence electrons. The van der Waals surface area contributed by atoms with E-state index in [0.29, 0.717) is 12.2 Å². The van der Waals surface area contributed by atoms with Crippen molar-refractivity contribution in [1.82, 2.24) is 0 Å². The normalized spacial score (nSPS) is 10.2. The second kappa shape index (κ2) is 6.48. The zero-order valence-electron chi connectivity index (χ0n) is 9.80. The van der Waals surface area contributed by atoms with Gasteiger partial charge in [0, 0.05) is 6.08 Å². The molecule has 17 heavy (non-hydrogen) atoms. The Labute approximate surface area is 99.8 Å². The third-order valence-electron chi connectivity index (χ3n) is 2.03. The minimum atomic E-state index is -0.417. The molecule has 0 amide bonds. The molecule has 0 aromatic heterocycles. The summed E-state index contributed by atoms with van der Waals surface area (Å²) < 4.78 is 9.32. The molecular weight excluding hydrogens is 220 g/mol. The van der Waals surface area contributed by atoms with E-state index in [0.717, 1.165) is 5.56 Å². The lowest BCUT2D eigenvalue weighted by atomic mass is 10.1. The minimum Gasteiger partial charge on any atom is -0.466 e. The van der Waals surface area contributed by atoms with Crippen LogP contribution in [0.25, 0.3) is 6.08 Å². The number of carbonyl (C=O) groups excluding carboxylic acids is 2. The van der Waals surface area contributed by atoms with E-state index in [9.17, 15) is 9.59 Å². The number of hydrogen-bond acceptors (Lipinski definition) is 4. The summed E-state index contributed by atoms with van der Waals surface area (Å²) in [4.78, 5) is 22.2. The minimum absolute atomic E-state index is 0.350. The van der Waals surface area contributed by atoms with Gasteiger partial charge in [-0.2, -0.15) is 0 Å². The van der Waals surface area contributed by atoms with Crippen LogP contribution in [-0.2, 0) is 14.3 Å². The van der Waals surface area contributed by atoms with Crippen LogP contribution in [0.5, 0.6) is 0 Å². The lowest BCUT2D eigenvalue weighted by Crippen LogP contribution is -2.04. The third-order valence-corrected chi connectivity index (χ3v) is 2.03. The molecule has 0 bridgehead atoms. The second-order valence-corrected chi connectivity index (χ2v) is 3.20. The summed E-state index contributed by atoms with van der Waals surface area (Å²) in [6.07, 6.45) is 2.93. The molecule has 0 N–H and O–H groups in total. The maximum atomic E-state index is 11.4. The molecule has 0 saturated carbocycles. The third kappa shape index (κ3) is 4.10. The van der Waals surface area contributed by atoms with Crippen LogP contribution in [0, 0.1) is 0 Å². The van der Waals surface area contributed by atoms with Crippen LogP contribution < -0.4 is 0 Å². The maximum Gasteiger partial charge on any atom is 0.338 e. The number of esters is 2. The van der Waals surface area contributed by atoms with E-state index in [2.05, 4.69) is 4.74 Å². The Kier molecular flexibility index (Phi) is 4.94. The van der Waals surface area contributed by atoms with Crippen LogP contribution in [-0.4, -0.2) is 25.7 Å². The first-order valence-electron chi connectivity index (χ1n) is 5.20. The quantitative estimate of drug-likeness (QED) is 0.591. The first-order valence-corrected chi connectivity index (χ1v) is 5.20. The van der Waals surface area contributed by atoms with Gasteiger partial charge in [-0.3, -0.25) is 0 Å². The van der Waals surface area contributed by atoms with Gasteiger partial charge >= 0.3 is 11.9 Å². The van der Waals surface area contributed by atoms with Crippen molar-refractivity contribution < 1.29 is 19.1 Å². The van der Waals surface area contributed by atoms with Crippen molar-refractivity contribution in [2.45, 2.75) is 6.92 Å². The van der Waals surface area contributed by atoms with E-state index >= 15 is 0 Å². The van der Waals surface area contributed by atoms with Gasteiger partial charge in [-0.15, -0.1) is 0 Å². The first kappa shape index (κ1) is 13.0. The number of rotatable bonds is 4. The van der Waals surface area contributed by atoms with Crippen LogP contribution in [0.15, 0.2) is 30.3 Å². The largest absolute Gasteiger partial charge is 0.466 e. The summed E-state index contributed by atoms with van der Waals surface area (Å²) in [6.45, 7) is 2.11. The van der Waals surface area contributed by atoms with E-state index < -0.39 is 5.97 Å². The average Bonchev–Trinajstić information content (AvgIpc) is 2.36. The van der Waals surface area contributed by atoms with E-state index in [-0.39, 0.29) is 5.97 Å². The summed E-state index contributed by atoms with van der Waals surface area (Å²) in [7, 11) is 1.32. The highest BCUT2D eigenvalue weighted by atomic mass is 16.5. The zero-order chi connectivity index (χ0) is 12.7. The Balaban J connectivity index is 2.71. The monoisotopic (exact) mass is 234 g/mol. The van der Waals surface area contributed by atoms with Gasteiger partial charge in [0.1, 0.15) is 0 Å². The van der Waals surface area contributed by atoms with Gasteiger partial charge in [-0.1, -0.05) is 12.1 Å². The van der Waals surface area contributed by atoms with E-state index in [1.54, 1.807) is 37.3 Å². The van der Waals surface area contributed by atoms with Gasteiger partial charge in [0.25, 0.3) is 0 Å². The lowest BCUT2D eigenvalue weighted by molar-refractivity contribution is -0.134. The van der Waals surface area contributed by atoms with Crippen LogP contribution >= 0.6 is 0 Å². The standard InChI is InChI=1S/C13H14O4/c1-3-17-13(15)11-7-4-10(5-8-11)6-9-12(14)16-2/h4-9H,3H2,1-2H3. The second-order valence-electron chi connectivity index (χ2n) is 3.20. The summed E-state index contributed by atoms with van der Waals surface area (Å²) in [5.41, 5.74) is 1.30. The Morgan fingerprint density at radius 3 is 2.41 bits per heavy atom. The molecule has 4 nitrogen and oxygen atoms in total. The molecule has 0 radical (unpaired) electrons. The zero-order valence-corrected chi connectivity index (χ0v) is 9.80. The summed E-state index contributed by atoms with van der Waals surface area (Å²) in [5.74, 6) is -0.768. The Bertz CT molecular complexity index is 418. The fourth-order valence-corrected chi connectivity index (χ4v) is 1.18. The Morgan fingerprint density at radius 1 is 1.24 bits per heavy atom. The predicted molar refractivity (Wildman–Crippen MR) is 63.4 cm³/mol. The molecule has 1 aromatic rings. The van der Waals surface area contributed by atoms with Crippen molar-refractivity contribution in [3.05, 3.63) is 41.5 Å². The summed E-state index contributed by atoms with van der Waals surface area (Å²) >= 11 is 0. The van der Waals surface area contributed by atoms with Crippen LogP contribution in [0.1, 0.15) is 22.8 Å². The van der Waals surface area contributed by atoms with Gasteiger partial charge in [0.05, 0.1) is 19.3 Å². The maximum absolute atomic E-state index is 11.4. The molecule has 1 rings (SSSR count). The van der Waals surface area contributed by atoms with Crippen LogP contribution in [0.4, 0.5) is 0 Å². The van der Waals surface area contributed by atoms with Crippen molar-refractivity contribution in [2.75, 3.05) is 13.7 Å². The van der Waals surface area contributed by atoms with Crippen molar-refractivity contribution >= 4 is 18.0 Å². The van der Waals surface area contributed by atoms with E-state index in [1.807, 2.05) is 0 Å². The molecule has 4 heteroatoms. The van der Waals surface area contributed by atoms with Crippen molar-refractivity contribution in [1.29, 1.82) is 0 Å². The highest BCUT2D eigenvalue weighted by Crippen LogP contribution is 2.07. The predicted octanol–water partition coefficient (Wildman–Crippen LogP) is 2.05. The topological polar surface area (TPSA) is 52.6 Å². The van der Waals surface area contributed by atoms with Gasteiger partial charge < -0.3 is 9.47 Å². The summed E-state index contributed by atoms with van der Waals surface area (Å²) in [5, 5.41) is 0. The molecule has 0 unspecified atom stereocenters. The number of carbonyl (C=O) groups is 2. The first-order chi connectivity index (χ1) is 8.17. The van der Waals surface area contributed by atoms with E-state index in [1.165, 1.54) is 13.2 Å². The highest BCUT2D eigenvalue weighted by Gasteiger charge is 2.04. The van der Waals surface area contributed by atoms with Gasteiger partial charge in [-0.05, 0) is 30.7 Å². The average molecular weight is 234 g/mol. The number of ether oxygens (including phenoxy) is 2. The fraction of sp³-hybridized carbons (Fsp3) is 0.231. The number of benzene rings is 1. The van der Waals surface area contributed by atoms with Crippen molar-refractivity contribution in [3.63, 3.8) is 0 Å². The Morgan fingerprint density at radius 2 is 1.88 bits per heavy atom. The molecule has 0 aliphatic carbocycles. The molecule has 0 spiro atoms. The van der Waals surface area contributed by atoms with E-state index in [4.69, 9.17) is 4.74 Å². The molecular formula is C13H14O4. The van der Waals surface area contributed by atoms with Gasteiger partial charge in [0.15, 0.2) is 0 Å². The highest BCUT2D eigenvalue weighted by molar-refractivity contribution is 5.90. The van der Waals surface area contributed by atoms with Gasteiger partial charge in [0.2, 0.25) is 0 Å². The smallest absolute Gasteiger partial charge is 0.338 e. The fourth-order valence-electron chi connectivity index (χ4n) is 1.18. The SMILES string of the molecule is CCOC(=O)c1ccc(C=CC(=O)OC)cc1. The molecule has 0 fully saturated rings. The van der Waals surface area contributed by atoms with Crippen LogP contribution in [0.3, 0.4) is 0 Å². The molecule has 0 heterocycles. The molecule has 1 aromatic carbocycles. The summed E-state index contributed by atoms with van der Waals surface area (Å²) in [6, 6.07) is 6.75. The van der Waals surface area contributed by atoms with Crippen molar-refractivity contribution in [2.24, 2.45) is 0 Å².